The van der Waals surface area contributed by atoms with Crippen molar-refractivity contribution in [2.75, 3.05) is 7.11 Å². The summed E-state index contributed by atoms with van der Waals surface area (Å²) in [6, 6.07) is 17.1. The molecule has 30 heavy (non-hydrogen) atoms. The highest BCUT2D eigenvalue weighted by molar-refractivity contribution is 8.18. The summed E-state index contributed by atoms with van der Waals surface area (Å²) < 4.78 is 7.30. The highest BCUT2D eigenvalue weighted by atomic mass is 35.5. The first-order chi connectivity index (χ1) is 14.4. The van der Waals surface area contributed by atoms with Crippen LogP contribution >= 0.6 is 23.4 Å². The van der Waals surface area contributed by atoms with Crippen LogP contribution in [-0.4, -0.2) is 22.8 Å². The van der Waals surface area contributed by atoms with Gasteiger partial charge in [-0.15, -0.1) is 0 Å². The number of aromatic nitrogens is 1. The van der Waals surface area contributed by atoms with Crippen LogP contribution in [0.1, 0.15) is 17.0 Å². The van der Waals surface area contributed by atoms with Crippen LogP contribution in [0.4, 0.5) is 5.69 Å². The Bertz CT molecular complexity index is 1160. The molecule has 0 radical (unpaired) electrons. The SMILES string of the molecule is COc1ccc(N=C2NC(=O)/C(=C/c3cc(C)n(-c4ccc(Cl)cc4)c3C)S2)cc1. The number of ether oxygens (including phenoxy) is 1. The van der Waals surface area contributed by atoms with Crippen LogP contribution in [0.15, 0.2) is 64.5 Å². The number of benzene rings is 2. The summed E-state index contributed by atoms with van der Waals surface area (Å²) in [5, 5.41) is 4.09. The van der Waals surface area contributed by atoms with Gasteiger partial charge in [-0.05, 0) is 91.8 Å². The maximum absolute atomic E-state index is 12.5. The van der Waals surface area contributed by atoms with Crippen LogP contribution in [0.5, 0.6) is 5.75 Å². The number of methoxy groups -OCH3 is 1. The summed E-state index contributed by atoms with van der Waals surface area (Å²) in [7, 11) is 1.62. The molecule has 0 bridgehead atoms. The minimum absolute atomic E-state index is 0.149. The van der Waals surface area contributed by atoms with Crippen molar-refractivity contribution in [1.82, 2.24) is 9.88 Å². The number of carbonyl (C=O) groups excluding carboxylic acids is 1. The molecule has 1 N–H and O–H groups in total. The molecular weight excluding hydrogens is 418 g/mol. The van der Waals surface area contributed by atoms with Crippen LogP contribution in [0.25, 0.3) is 11.8 Å². The lowest BCUT2D eigenvalue weighted by molar-refractivity contribution is -0.115. The van der Waals surface area contributed by atoms with Crippen LogP contribution in [0.2, 0.25) is 5.02 Å². The van der Waals surface area contributed by atoms with Gasteiger partial charge in [-0.3, -0.25) is 4.79 Å². The number of amidine groups is 1. The Hall–Kier alpha value is -2.96. The van der Waals surface area contributed by atoms with E-state index in [-0.39, 0.29) is 5.91 Å². The predicted octanol–water partition coefficient (Wildman–Crippen LogP) is 5.65. The molecule has 3 aromatic rings. The van der Waals surface area contributed by atoms with Crippen LogP contribution in [0.3, 0.4) is 0 Å². The highest BCUT2D eigenvalue weighted by Crippen LogP contribution is 2.31. The number of thioether (sulfide) groups is 1. The molecule has 0 unspecified atom stereocenters. The topological polar surface area (TPSA) is 55.6 Å². The van der Waals surface area contributed by atoms with E-state index in [4.69, 9.17) is 16.3 Å². The van der Waals surface area contributed by atoms with Crippen LogP contribution in [-0.2, 0) is 4.79 Å². The van der Waals surface area contributed by atoms with Crippen molar-refractivity contribution in [3.05, 3.63) is 81.5 Å². The highest BCUT2D eigenvalue weighted by Gasteiger charge is 2.24. The first-order valence-corrected chi connectivity index (χ1v) is 10.5. The van der Waals surface area contributed by atoms with Crippen molar-refractivity contribution < 1.29 is 9.53 Å². The second-order valence-corrected chi connectivity index (χ2v) is 8.29. The summed E-state index contributed by atoms with van der Waals surface area (Å²) in [5.74, 6) is 0.613. The molecule has 0 atom stereocenters. The van der Waals surface area contributed by atoms with Crippen molar-refractivity contribution in [1.29, 1.82) is 0 Å². The monoisotopic (exact) mass is 437 g/mol. The Labute approximate surface area is 184 Å². The van der Waals surface area contributed by atoms with E-state index >= 15 is 0 Å². The van der Waals surface area contributed by atoms with Gasteiger partial charge >= 0.3 is 0 Å². The molecule has 2 aromatic carbocycles. The van der Waals surface area contributed by atoms with E-state index in [0.29, 0.717) is 15.1 Å². The molecule has 4 rings (SSSR count). The second kappa shape index (κ2) is 8.42. The lowest BCUT2D eigenvalue weighted by atomic mass is 10.2. The predicted molar refractivity (Wildman–Crippen MR) is 124 cm³/mol. The summed E-state index contributed by atoms with van der Waals surface area (Å²) >= 11 is 7.35. The van der Waals surface area contributed by atoms with Crippen molar-refractivity contribution in [2.24, 2.45) is 4.99 Å². The minimum Gasteiger partial charge on any atom is -0.497 e. The molecule has 0 saturated carbocycles. The van der Waals surface area contributed by atoms with Gasteiger partial charge in [-0.25, -0.2) is 4.99 Å². The zero-order valence-electron chi connectivity index (χ0n) is 16.8. The molecule has 1 aliphatic rings. The van der Waals surface area contributed by atoms with E-state index in [2.05, 4.69) is 20.9 Å². The summed E-state index contributed by atoms with van der Waals surface area (Å²) in [6.45, 7) is 4.08. The fourth-order valence-electron chi connectivity index (χ4n) is 3.32. The van der Waals surface area contributed by atoms with E-state index in [9.17, 15) is 4.79 Å². The van der Waals surface area contributed by atoms with Crippen molar-refractivity contribution in [3.8, 4) is 11.4 Å². The van der Waals surface area contributed by atoms with Gasteiger partial charge in [0.25, 0.3) is 5.91 Å². The van der Waals surface area contributed by atoms with Gasteiger partial charge in [-0.2, -0.15) is 0 Å². The molecule has 1 fully saturated rings. The minimum atomic E-state index is -0.149. The Balaban J connectivity index is 1.60. The second-order valence-electron chi connectivity index (χ2n) is 6.82. The quantitative estimate of drug-likeness (QED) is 0.537. The van der Waals surface area contributed by atoms with Gasteiger partial charge in [0.05, 0.1) is 17.7 Å². The molecule has 1 amide bonds. The van der Waals surface area contributed by atoms with Crippen molar-refractivity contribution >= 4 is 46.2 Å². The normalized spacial score (nSPS) is 16.3. The molecule has 1 aliphatic heterocycles. The van der Waals surface area contributed by atoms with Crippen LogP contribution < -0.4 is 10.1 Å². The first kappa shape index (κ1) is 20.3. The number of aliphatic imine (C=N–C) groups is 1. The number of carbonyl (C=O) groups is 1. The fourth-order valence-corrected chi connectivity index (χ4v) is 4.28. The lowest BCUT2D eigenvalue weighted by Crippen LogP contribution is -2.19. The number of hydrogen-bond acceptors (Lipinski definition) is 4. The Morgan fingerprint density at radius 2 is 1.80 bits per heavy atom. The summed E-state index contributed by atoms with van der Waals surface area (Å²) in [4.78, 5) is 17.6. The average molecular weight is 438 g/mol. The van der Waals surface area contributed by atoms with Crippen molar-refractivity contribution in [2.45, 2.75) is 13.8 Å². The molecule has 1 aromatic heterocycles. The number of halogens is 1. The molecule has 0 spiro atoms. The van der Waals surface area contributed by atoms with E-state index in [1.54, 1.807) is 7.11 Å². The van der Waals surface area contributed by atoms with Gasteiger partial charge in [0.15, 0.2) is 5.17 Å². The molecule has 0 aliphatic carbocycles. The summed E-state index contributed by atoms with van der Waals surface area (Å²) in [5.41, 5.74) is 4.91. The molecule has 1 saturated heterocycles. The van der Waals surface area contributed by atoms with Gasteiger partial charge in [0.1, 0.15) is 5.75 Å². The van der Waals surface area contributed by atoms with Gasteiger partial charge in [0, 0.05) is 22.1 Å². The Morgan fingerprint density at radius 1 is 1.10 bits per heavy atom. The standard InChI is InChI=1S/C23H20ClN3O2S/c1-14-12-16(15(2)27(14)19-8-4-17(24)5-9-19)13-21-22(28)26-23(30-21)25-18-6-10-20(29-3)11-7-18/h4-13H,1-3H3,(H,25,26,28)/b21-13-. The third kappa shape index (κ3) is 4.15. The lowest BCUT2D eigenvalue weighted by Gasteiger charge is -2.09. The number of hydrogen-bond donors (Lipinski definition) is 1. The smallest absolute Gasteiger partial charge is 0.264 e. The average Bonchev–Trinajstić information content (AvgIpc) is 3.21. The van der Waals surface area contributed by atoms with E-state index in [0.717, 1.165) is 34.1 Å². The van der Waals surface area contributed by atoms with Gasteiger partial charge in [0.2, 0.25) is 0 Å². The number of nitrogens with one attached hydrogen (secondary N) is 1. The maximum Gasteiger partial charge on any atom is 0.264 e. The van der Waals surface area contributed by atoms with E-state index < -0.39 is 0 Å². The van der Waals surface area contributed by atoms with E-state index in [1.807, 2.05) is 68.5 Å². The zero-order chi connectivity index (χ0) is 21.3. The van der Waals surface area contributed by atoms with Crippen molar-refractivity contribution in [3.63, 3.8) is 0 Å². The first-order valence-electron chi connectivity index (χ1n) is 9.33. The molecule has 2 heterocycles. The molecular formula is C23H20ClN3O2S. The molecule has 152 valence electrons. The Morgan fingerprint density at radius 3 is 2.47 bits per heavy atom. The van der Waals surface area contributed by atoms with Crippen LogP contribution in [0, 0.1) is 13.8 Å². The number of amides is 1. The van der Waals surface area contributed by atoms with E-state index in [1.165, 1.54) is 11.8 Å². The summed E-state index contributed by atoms with van der Waals surface area (Å²) in [6.07, 6.45) is 1.91. The van der Waals surface area contributed by atoms with Gasteiger partial charge < -0.3 is 14.6 Å². The molecule has 5 nitrogen and oxygen atoms in total. The number of rotatable bonds is 4. The number of nitrogens with zero attached hydrogens (tertiary/aromatic N) is 2. The third-order valence-corrected chi connectivity index (χ3v) is 5.96. The Kier molecular flexibility index (Phi) is 5.70. The van der Waals surface area contributed by atoms with Gasteiger partial charge in [-0.1, -0.05) is 11.6 Å². The number of aryl methyl sites for hydroxylation is 1. The molecule has 7 heteroatoms. The maximum atomic E-state index is 12.5. The largest absolute Gasteiger partial charge is 0.497 e. The third-order valence-electron chi connectivity index (χ3n) is 4.80. The zero-order valence-corrected chi connectivity index (χ0v) is 18.3. The fraction of sp³-hybridized carbons (Fsp3) is 0.130.